The molecule has 0 bridgehead atoms. The van der Waals surface area contributed by atoms with Crippen LogP contribution in [0.15, 0.2) is 0 Å². The highest BCUT2D eigenvalue weighted by Crippen LogP contribution is 1.95. The second kappa shape index (κ2) is 9.48. The molecular weight excluding hydrogens is 170 g/mol. The van der Waals surface area contributed by atoms with Crippen molar-refractivity contribution in [3.8, 4) is 0 Å². The number of hydrogen-bond acceptors (Lipinski definition) is 4. The fourth-order valence-electron chi connectivity index (χ4n) is 0.834. The fraction of sp³-hybridized carbons (Fsp3) is 0.889. The van der Waals surface area contributed by atoms with Crippen LogP contribution in [0.5, 0.6) is 0 Å². The van der Waals surface area contributed by atoms with E-state index in [0.717, 1.165) is 12.8 Å². The Bertz CT molecular complexity index is 128. The third-order valence-corrected chi connectivity index (χ3v) is 1.56. The Morgan fingerprint density at radius 2 is 2.23 bits per heavy atom. The molecule has 0 rings (SSSR count). The molecule has 0 aliphatic heterocycles. The van der Waals surface area contributed by atoms with Gasteiger partial charge in [-0.05, 0) is 6.42 Å². The van der Waals surface area contributed by atoms with Crippen molar-refractivity contribution >= 4 is 5.97 Å². The third-order valence-electron chi connectivity index (χ3n) is 1.56. The van der Waals surface area contributed by atoms with Crippen LogP contribution in [0.3, 0.4) is 0 Å². The summed E-state index contributed by atoms with van der Waals surface area (Å²) < 4.78 is 4.91. The van der Waals surface area contributed by atoms with Gasteiger partial charge in [-0.15, -0.1) is 0 Å². The average Bonchev–Trinajstić information content (AvgIpc) is 2.14. The van der Waals surface area contributed by atoms with Gasteiger partial charge in [-0.2, -0.15) is 0 Å². The third kappa shape index (κ3) is 9.30. The van der Waals surface area contributed by atoms with E-state index in [1.54, 1.807) is 0 Å². The summed E-state index contributed by atoms with van der Waals surface area (Å²) in [5.74, 6) is -0.132. The lowest BCUT2D eigenvalue weighted by molar-refractivity contribution is -0.143. The first-order chi connectivity index (χ1) is 6.31. The molecule has 0 atom stereocenters. The molecule has 4 nitrogen and oxygen atoms in total. The molecule has 0 aliphatic carbocycles. The van der Waals surface area contributed by atoms with Crippen molar-refractivity contribution in [1.82, 2.24) is 5.32 Å². The topological polar surface area (TPSA) is 58.6 Å². The maximum absolute atomic E-state index is 10.9. The number of unbranched alkanes of at least 4 members (excludes halogenated alkanes) is 1. The first-order valence-electron chi connectivity index (χ1n) is 4.78. The maximum Gasteiger partial charge on any atom is 0.305 e. The highest BCUT2D eigenvalue weighted by Gasteiger charge is 1.99. The second-order valence-electron chi connectivity index (χ2n) is 2.80. The van der Waals surface area contributed by atoms with Crippen molar-refractivity contribution in [2.24, 2.45) is 0 Å². The van der Waals surface area contributed by atoms with Crippen LogP contribution in [0.4, 0.5) is 0 Å². The van der Waals surface area contributed by atoms with Crippen LogP contribution in [-0.2, 0) is 9.53 Å². The summed E-state index contributed by atoms with van der Waals surface area (Å²) in [6.45, 7) is 3.70. The van der Waals surface area contributed by atoms with E-state index in [1.807, 2.05) is 6.92 Å². The Balaban J connectivity index is 3.08. The van der Waals surface area contributed by atoms with Crippen LogP contribution in [0.25, 0.3) is 0 Å². The smallest absolute Gasteiger partial charge is 0.305 e. The fourth-order valence-corrected chi connectivity index (χ4v) is 0.834. The molecule has 78 valence electrons. The predicted octanol–water partition coefficient (Wildman–Crippen LogP) is 0.302. The Morgan fingerprint density at radius 3 is 2.85 bits per heavy atom. The molecule has 0 aromatic carbocycles. The summed E-state index contributed by atoms with van der Waals surface area (Å²) in [4.78, 5) is 10.9. The minimum absolute atomic E-state index is 0.115. The minimum Gasteiger partial charge on any atom is -0.464 e. The van der Waals surface area contributed by atoms with Crippen molar-refractivity contribution in [3.63, 3.8) is 0 Å². The van der Waals surface area contributed by atoms with Gasteiger partial charge < -0.3 is 15.2 Å². The molecule has 0 unspecified atom stereocenters. The SMILES string of the molecule is CCCCC(=O)OCCNCCO. The summed E-state index contributed by atoms with van der Waals surface area (Å²) >= 11 is 0. The molecule has 0 fully saturated rings. The van der Waals surface area contributed by atoms with E-state index < -0.39 is 0 Å². The van der Waals surface area contributed by atoms with Gasteiger partial charge in [0.05, 0.1) is 6.61 Å². The molecule has 0 saturated carbocycles. The van der Waals surface area contributed by atoms with E-state index in [1.165, 1.54) is 0 Å². The zero-order valence-corrected chi connectivity index (χ0v) is 8.21. The van der Waals surface area contributed by atoms with E-state index in [2.05, 4.69) is 5.32 Å². The molecule has 0 radical (unpaired) electrons. The molecule has 0 aromatic rings. The summed E-state index contributed by atoms with van der Waals surface area (Å²) in [6, 6.07) is 0. The van der Waals surface area contributed by atoms with Crippen molar-refractivity contribution < 1.29 is 14.6 Å². The summed E-state index contributed by atoms with van der Waals surface area (Å²) in [5.41, 5.74) is 0. The minimum atomic E-state index is -0.132. The van der Waals surface area contributed by atoms with Crippen LogP contribution in [-0.4, -0.2) is 37.4 Å². The highest BCUT2D eigenvalue weighted by molar-refractivity contribution is 5.69. The molecule has 0 saturated heterocycles. The van der Waals surface area contributed by atoms with Crippen LogP contribution in [0.2, 0.25) is 0 Å². The first kappa shape index (κ1) is 12.4. The Kier molecular flexibility index (Phi) is 9.03. The Hall–Kier alpha value is -0.610. The molecule has 2 N–H and O–H groups in total. The Labute approximate surface area is 79.3 Å². The van der Waals surface area contributed by atoms with Crippen molar-refractivity contribution in [2.75, 3.05) is 26.3 Å². The number of rotatable bonds is 8. The van der Waals surface area contributed by atoms with E-state index in [-0.39, 0.29) is 12.6 Å². The van der Waals surface area contributed by atoms with E-state index in [0.29, 0.717) is 26.1 Å². The molecule has 0 aliphatic rings. The molecule has 0 spiro atoms. The second-order valence-corrected chi connectivity index (χ2v) is 2.80. The van der Waals surface area contributed by atoms with Crippen molar-refractivity contribution in [2.45, 2.75) is 26.2 Å². The lowest BCUT2D eigenvalue weighted by Gasteiger charge is -2.04. The predicted molar refractivity (Wildman–Crippen MR) is 50.4 cm³/mol. The lowest BCUT2D eigenvalue weighted by atomic mass is 10.2. The van der Waals surface area contributed by atoms with E-state index in [4.69, 9.17) is 9.84 Å². The molecule has 0 aromatic heterocycles. The van der Waals surface area contributed by atoms with Crippen LogP contribution in [0.1, 0.15) is 26.2 Å². The number of carbonyl (C=O) groups excluding carboxylic acids is 1. The van der Waals surface area contributed by atoms with Gasteiger partial charge in [-0.25, -0.2) is 0 Å². The number of hydrogen-bond donors (Lipinski definition) is 2. The van der Waals surface area contributed by atoms with Gasteiger partial charge in [0.1, 0.15) is 6.61 Å². The molecule has 4 heteroatoms. The number of aliphatic hydroxyl groups excluding tert-OH is 1. The molecule has 0 heterocycles. The van der Waals surface area contributed by atoms with Gasteiger partial charge in [0.2, 0.25) is 0 Å². The van der Waals surface area contributed by atoms with Gasteiger partial charge in [-0.3, -0.25) is 4.79 Å². The van der Waals surface area contributed by atoms with E-state index >= 15 is 0 Å². The highest BCUT2D eigenvalue weighted by atomic mass is 16.5. The van der Waals surface area contributed by atoms with Gasteiger partial charge >= 0.3 is 5.97 Å². The van der Waals surface area contributed by atoms with Gasteiger partial charge in [-0.1, -0.05) is 13.3 Å². The van der Waals surface area contributed by atoms with Crippen LogP contribution >= 0.6 is 0 Å². The number of esters is 1. The number of aliphatic hydroxyl groups is 1. The van der Waals surface area contributed by atoms with Crippen molar-refractivity contribution in [3.05, 3.63) is 0 Å². The van der Waals surface area contributed by atoms with E-state index in [9.17, 15) is 4.79 Å². The zero-order chi connectivity index (χ0) is 9.94. The number of nitrogens with one attached hydrogen (secondary N) is 1. The van der Waals surface area contributed by atoms with Crippen LogP contribution in [0, 0.1) is 0 Å². The van der Waals surface area contributed by atoms with Crippen LogP contribution < -0.4 is 5.32 Å². The summed E-state index contributed by atoms with van der Waals surface area (Å²) in [6.07, 6.45) is 2.41. The normalized spacial score (nSPS) is 10.0. The molecule has 13 heavy (non-hydrogen) atoms. The standard InChI is InChI=1S/C9H19NO3/c1-2-3-4-9(12)13-8-6-10-5-7-11/h10-11H,2-8H2,1H3. The zero-order valence-electron chi connectivity index (χ0n) is 8.21. The number of carbonyl (C=O) groups is 1. The molecular formula is C9H19NO3. The monoisotopic (exact) mass is 189 g/mol. The van der Waals surface area contributed by atoms with Gasteiger partial charge in [0.15, 0.2) is 0 Å². The number of ether oxygens (including phenoxy) is 1. The largest absolute Gasteiger partial charge is 0.464 e. The maximum atomic E-state index is 10.9. The lowest BCUT2D eigenvalue weighted by Crippen LogP contribution is -2.24. The quantitative estimate of drug-likeness (QED) is 0.426. The van der Waals surface area contributed by atoms with Crippen molar-refractivity contribution in [1.29, 1.82) is 0 Å². The summed E-state index contributed by atoms with van der Waals surface area (Å²) in [7, 11) is 0. The van der Waals surface area contributed by atoms with Gasteiger partial charge in [0, 0.05) is 19.5 Å². The Morgan fingerprint density at radius 1 is 1.46 bits per heavy atom. The first-order valence-corrected chi connectivity index (χ1v) is 4.78. The molecule has 0 amide bonds. The summed E-state index contributed by atoms with van der Waals surface area (Å²) in [5, 5.41) is 11.3. The van der Waals surface area contributed by atoms with Gasteiger partial charge in [0.25, 0.3) is 0 Å². The average molecular weight is 189 g/mol.